The number of nitrogens with zero attached hydrogens (tertiary/aromatic N) is 4. The van der Waals surface area contributed by atoms with Crippen LogP contribution in [-0.2, 0) is 64.0 Å². The number of aromatic nitrogens is 1. The summed E-state index contributed by atoms with van der Waals surface area (Å²) in [5.74, 6) is -2.70. The van der Waals surface area contributed by atoms with E-state index in [0.29, 0.717) is 77.0 Å². The summed E-state index contributed by atoms with van der Waals surface area (Å²) in [6, 6.07) is 17.1. The number of phenols is 1. The van der Waals surface area contributed by atoms with Gasteiger partial charge in [-0.2, -0.15) is 0 Å². The number of aromatic hydroxyl groups is 1. The Labute approximate surface area is 405 Å². The Balaban J connectivity index is 1.20. The summed E-state index contributed by atoms with van der Waals surface area (Å²) in [5, 5.41) is 16.9. The Morgan fingerprint density at radius 3 is 2.57 bits per heavy atom. The monoisotopic (exact) mass is 945 g/mol. The van der Waals surface area contributed by atoms with Crippen LogP contribution >= 0.6 is 0 Å². The van der Waals surface area contributed by atoms with Gasteiger partial charge in [0.1, 0.15) is 23.9 Å². The van der Waals surface area contributed by atoms with Crippen LogP contribution < -0.4 is 10.7 Å². The minimum absolute atomic E-state index is 0.000339. The smallest absolute Gasteiger partial charge is 0.324 e. The Hall–Kier alpha value is -6.03. The van der Waals surface area contributed by atoms with Gasteiger partial charge in [0.25, 0.3) is 5.91 Å². The van der Waals surface area contributed by atoms with Gasteiger partial charge in [-0.15, -0.1) is 0 Å². The molecule has 4 aliphatic rings. The lowest BCUT2D eigenvalue weighted by Gasteiger charge is -2.38. The lowest BCUT2D eigenvalue weighted by atomic mass is 9.83. The number of aryl methyl sites for hydroxylation is 1. The zero-order valence-corrected chi connectivity index (χ0v) is 40.8. The first-order valence-corrected chi connectivity index (χ1v) is 24.6. The molecule has 15 nitrogen and oxygen atoms in total. The Morgan fingerprint density at radius 1 is 1.03 bits per heavy atom. The molecule has 4 aromatic rings. The first kappa shape index (κ1) is 49.4. The van der Waals surface area contributed by atoms with Crippen LogP contribution in [0.25, 0.3) is 33.3 Å². The van der Waals surface area contributed by atoms with Gasteiger partial charge in [-0.25, -0.2) is 5.43 Å². The normalized spacial score (nSPS) is 21.6. The second-order valence-corrected chi connectivity index (χ2v) is 19.9. The molecule has 15 heteroatoms. The summed E-state index contributed by atoms with van der Waals surface area (Å²) in [6.07, 6.45) is 5.01. The number of ether oxygens (including phenoxy) is 3. The molecule has 3 N–H and O–H groups in total. The maximum absolute atomic E-state index is 14.9. The van der Waals surface area contributed by atoms with Gasteiger partial charge in [-0.3, -0.25) is 29.0 Å². The number of nitrogens with one attached hydrogen (secondary N) is 2. The van der Waals surface area contributed by atoms with E-state index < -0.39 is 47.2 Å². The van der Waals surface area contributed by atoms with Crippen LogP contribution in [0.15, 0.2) is 73.3 Å². The summed E-state index contributed by atoms with van der Waals surface area (Å²) in [6.45, 7) is 13.1. The van der Waals surface area contributed by atoms with Crippen LogP contribution in [0.2, 0.25) is 0 Å². The second-order valence-electron chi connectivity index (χ2n) is 19.9. The molecule has 0 spiro atoms. The summed E-state index contributed by atoms with van der Waals surface area (Å²) < 4.78 is 19.7. The highest BCUT2D eigenvalue weighted by Gasteiger charge is 2.42. The molecule has 0 aliphatic carbocycles. The first-order chi connectivity index (χ1) is 33.2. The van der Waals surface area contributed by atoms with Crippen molar-refractivity contribution in [2.24, 2.45) is 17.3 Å². The van der Waals surface area contributed by atoms with E-state index in [0.717, 1.165) is 50.8 Å². The van der Waals surface area contributed by atoms with E-state index in [4.69, 9.17) is 14.2 Å². The van der Waals surface area contributed by atoms with Gasteiger partial charge in [0.15, 0.2) is 0 Å². The highest BCUT2D eigenvalue weighted by atomic mass is 16.5. The number of likely N-dealkylation sites (tertiary alicyclic amines) is 1. The van der Waals surface area contributed by atoms with Crippen LogP contribution in [0.4, 0.5) is 0 Å². The molecule has 1 aromatic heterocycles. The molecule has 368 valence electrons. The third-order valence-electron chi connectivity index (χ3n) is 14.5. The predicted molar refractivity (Wildman–Crippen MR) is 263 cm³/mol. The van der Waals surface area contributed by atoms with Gasteiger partial charge in [0.05, 0.1) is 24.8 Å². The molecule has 4 aliphatic heterocycles. The molecule has 3 saturated heterocycles. The lowest BCUT2D eigenvalue weighted by molar-refractivity contribution is -0.155. The Bertz CT molecular complexity index is 2580. The molecule has 8 rings (SSSR count). The molecule has 0 saturated carbocycles. The summed E-state index contributed by atoms with van der Waals surface area (Å²) in [4.78, 5) is 73.6. The van der Waals surface area contributed by atoms with Crippen LogP contribution in [0.3, 0.4) is 0 Å². The molecule has 4 atom stereocenters. The van der Waals surface area contributed by atoms with Gasteiger partial charge in [0, 0.05) is 81.9 Å². The first-order valence-electron chi connectivity index (χ1n) is 24.6. The van der Waals surface area contributed by atoms with Gasteiger partial charge in [-0.05, 0) is 116 Å². The van der Waals surface area contributed by atoms with E-state index in [-0.39, 0.29) is 49.6 Å². The molecule has 3 aromatic carbocycles. The summed E-state index contributed by atoms with van der Waals surface area (Å²) >= 11 is 0. The number of likely N-dealkylation sites (N-methyl/N-ethyl adjacent to an activating group) is 1. The number of carbonyl (C=O) groups excluding carboxylic acids is 5. The van der Waals surface area contributed by atoms with Crippen molar-refractivity contribution < 1.29 is 43.3 Å². The van der Waals surface area contributed by atoms with Crippen LogP contribution in [0.5, 0.6) is 5.75 Å². The zero-order chi connectivity index (χ0) is 49.0. The Kier molecular flexibility index (Phi) is 15.3. The third-order valence-corrected chi connectivity index (χ3v) is 14.5. The molecule has 3 fully saturated rings. The molecular formula is C54H68N6O9. The van der Waals surface area contributed by atoms with Crippen molar-refractivity contribution in [2.75, 3.05) is 60.2 Å². The van der Waals surface area contributed by atoms with Crippen molar-refractivity contribution in [3.05, 3.63) is 90.0 Å². The third kappa shape index (κ3) is 10.8. The fraction of sp³-hybridized carbons (Fsp3) is 0.500. The SMILES string of the molecule is C=CC(=O)N1CC[C@H](C(=O)N(C)[C@H](C(=O)N[C@H]2Cc3cc(O)cc(c3)-c3ccc4c(c3)c(c(-c3ccccc3CCOC)n4CC)CC(C)(C)COC(=O)[C@@H]3CCCN(N3)C2=O)C2CCOCC2)C1. The molecule has 69 heavy (non-hydrogen) atoms. The van der Waals surface area contributed by atoms with Crippen molar-refractivity contribution in [2.45, 2.75) is 96.8 Å². The van der Waals surface area contributed by atoms with E-state index in [1.807, 2.05) is 12.1 Å². The van der Waals surface area contributed by atoms with Crippen molar-refractivity contribution in [1.82, 2.24) is 30.1 Å². The van der Waals surface area contributed by atoms with Crippen molar-refractivity contribution in [3.63, 3.8) is 0 Å². The van der Waals surface area contributed by atoms with E-state index in [1.54, 1.807) is 31.2 Å². The van der Waals surface area contributed by atoms with Crippen molar-refractivity contribution >= 4 is 40.5 Å². The maximum Gasteiger partial charge on any atom is 0.324 e. The number of hydrogen-bond donors (Lipinski definition) is 3. The number of amides is 4. The number of methoxy groups -OCH3 is 1. The number of cyclic esters (lactones) is 1. The second kappa shape index (κ2) is 21.3. The maximum atomic E-state index is 14.9. The highest BCUT2D eigenvalue weighted by Crippen LogP contribution is 2.42. The number of phenolic OH excluding ortho intramolecular Hbond substituents is 1. The van der Waals surface area contributed by atoms with Gasteiger partial charge in [0.2, 0.25) is 17.7 Å². The number of hydrazine groups is 1. The summed E-state index contributed by atoms with van der Waals surface area (Å²) in [5.41, 5.74) is 10.4. The van der Waals surface area contributed by atoms with Crippen LogP contribution in [0.1, 0.15) is 69.6 Å². The number of rotatable bonds is 11. The average molecular weight is 945 g/mol. The fourth-order valence-electron chi connectivity index (χ4n) is 10.9. The van der Waals surface area contributed by atoms with Gasteiger partial charge in [-0.1, -0.05) is 56.8 Å². The lowest BCUT2D eigenvalue weighted by Crippen LogP contribution is -2.62. The molecule has 0 radical (unpaired) electrons. The molecular weight excluding hydrogens is 877 g/mol. The quantitative estimate of drug-likeness (QED) is 0.123. The number of benzene rings is 3. The van der Waals surface area contributed by atoms with E-state index in [9.17, 15) is 29.1 Å². The number of fused-ring (bicyclic) bond motifs is 6. The minimum Gasteiger partial charge on any atom is -0.508 e. The van der Waals surface area contributed by atoms with E-state index in [1.165, 1.54) is 16.0 Å². The topological polar surface area (TPSA) is 172 Å². The average Bonchev–Trinajstić information content (AvgIpc) is 3.97. The van der Waals surface area contributed by atoms with E-state index >= 15 is 0 Å². The van der Waals surface area contributed by atoms with Crippen LogP contribution in [-0.4, -0.2) is 132 Å². The standard InChI is InChI=1S/C54H68N6O9/c1-7-47(62)58-22-17-38(32-58)51(64)57(5)48(36-19-24-68-25-20-36)50(63)55-45-28-34-26-39(29-40(61)27-34)37-15-16-46-42(30-37)43(49(59(46)8-2)41-13-10-9-12-35(41)18-23-67-6)31-54(3,4)33-69-53(66)44-14-11-21-60(56-44)52(45)65/h7,9-10,12-13,15-16,26-27,29-30,36,38,44-45,48,56,61H,1,8,11,14,17-25,28,31-33H2,2-6H3,(H,55,63)/t38-,44-,45-,48-/m0/s1. The summed E-state index contributed by atoms with van der Waals surface area (Å²) in [7, 11) is 3.33. The van der Waals surface area contributed by atoms with Crippen LogP contribution in [0, 0.1) is 17.3 Å². The predicted octanol–water partition coefficient (Wildman–Crippen LogP) is 5.83. The van der Waals surface area contributed by atoms with Crippen molar-refractivity contribution in [1.29, 1.82) is 0 Å². The molecule has 4 amide bonds. The number of esters is 1. The van der Waals surface area contributed by atoms with E-state index in [2.05, 4.69) is 79.1 Å². The molecule has 6 bridgehead atoms. The van der Waals surface area contributed by atoms with Crippen molar-refractivity contribution in [3.8, 4) is 28.1 Å². The molecule has 5 heterocycles. The Morgan fingerprint density at radius 2 is 1.81 bits per heavy atom. The number of carbonyl (C=O) groups is 5. The van der Waals surface area contributed by atoms with Gasteiger partial charge < -0.3 is 39.0 Å². The van der Waals surface area contributed by atoms with Gasteiger partial charge >= 0.3 is 5.97 Å². The largest absolute Gasteiger partial charge is 0.508 e. The fourth-order valence-corrected chi connectivity index (χ4v) is 10.9. The highest BCUT2D eigenvalue weighted by molar-refractivity contribution is 5.96. The zero-order valence-electron chi connectivity index (χ0n) is 40.8. The number of hydrogen-bond acceptors (Lipinski definition) is 10. The minimum atomic E-state index is -1.17. The molecule has 0 unspecified atom stereocenters.